The Morgan fingerprint density at radius 3 is 1.59 bits per heavy atom. The molecule has 0 fully saturated rings. The summed E-state index contributed by atoms with van der Waals surface area (Å²) in [6.45, 7) is 6.63. The normalized spacial score (nSPS) is 9.27. The first-order valence-corrected chi connectivity index (χ1v) is 6.32. The molecule has 2 rings (SSSR count). The summed E-state index contributed by atoms with van der Waals surface area (Å²) in [5.41, 5.74) is 4.70. The van der Waals surface area contributed by atoms with Gasteiger partial charge in [-0.25, -0.2) is 9.59 Å². The van der Waals surface area contributed by atoms with Crippen LogP contribution in [0.1, 0.15) is 0 Å². The van der Waals surface area contributed by atoms with Gasteiger partial charge >= 0.3 is 11.9 Å². The van der Waals surface area contributed by atoms with Crippen LogP contribution < -0.4 is 9.47 Å². The van der Waals surface area contributed by atoms with Crippen molar-refractivity contribution >= 4 is 22.7 Å². The first-order chi connectivity index (χ1) is 10.7. The van der Waals surface area contributed by atoms with Crippen molar-refractivity contribution < 1.29 is 19.1 Å². The molecule has 4 nitrogen and oxygen atoms in total. The van der Waals surface area contributed by atoms with Gasteiger partial charge in [-0.2, -0.15) is 0 Å². The van der Waals surface area contributed by atoms with Crippen molar-refractivity contribution in [3.8, 4) is 11.5 Å². The third-order valence-corrected chi connectivity index (χ3v) is 2.70. The second kappa shape index (κ2) is 6.91. The van der Waals surface area contributed by atoms with Crippen LogP contribution in [0.2, 0.25) is 0 Å². The van der Waals surface area contributed by atoms with Gasteiger partial charge in [0.25, 0.3) is 0 Å². The van der Waals surface area contributed by atoms with Crippen molar-refractivity contribution in [3.63, 3.8) is 0 Å². The molecule has 0 atom stereocenters. The maximum Gasteiger partial charge on any atom is 0.343 e. The summed E-state index contributed by atoms with van der Waals surface area (Å²) in [5.74, 6) is -0.462. The van der Waals surface area contributed by atoms with Crippen molar-refractivity contribution in [2.75, 3.05) is 0 Å². The quantitative estimate of drug-likeness (QED) is 0.375. The largest absolute Gasteiger partial charge is 0.422 e. The van der Waals surface area contributed by atoms with Crippen LogP contribution in [0.15, 0.2) is 73.2 Å². The minimum atomic E-state index is -0.584. The van der Waals surface area contributed by atoms with Crippen molar-refractivity contribution in [1.82, 2.24) is 0 Å². The number of fused-ring (bicyclic) bond motifs is 1. The Bertz CT molecular complexity index is 764. The molecule has 0 aliphatic carbocycles. The number of ether oxygens (including phenoxy) is 2. The topological polar surface area (TPSA) is 52.6 Å². The predicted octanol–water partition coefficient (Wildman–Crippen LogP) is 3.33. The maximum atomic E-state index is 11.5. The van der Waals surface area contributed by atoms with Gasteiger partial charge in [0.05, 0.1) is 12.2 Å². The van der Waals surface area contributed by atoms with Gasteiger partial charge in [0.15, 0.2) is 0 Å². The SMILES string of the molecule is C=C=CC(=O)Oc1cccc2c(OC(=O)C=C=C)cccc12. The average molecular weight is 292 g/mol. The van der Waals surface area contributed by atoms with Crippen LogP contribution in [0, 0.1) is 0 Å². The first kappa shape index (κ1) is 15.1. The molecule has 0 aromatic heterocycles. The number of carbonyl (C=O) groups excluding carboxylic acids is 2. The lowest BCUT2D eigenvalue weighted by Gasteiger charge is -2.09. The fraction of sp³-hybridized carbons (Fsp3) is 0. The van der Waals surface area contributed by atoms with E-state index in [0.717, 1.165) is 12.2 Å². The molecule has 4 heteroatoms. The van der Waals surface area contributed by atoms with Gasteiger partial charge in [-0.15, -0.1) is 11.5 Å². The summed E-state index contributed by atoms with van der Waals surface area (Å²) in [4.78, 5) is 23.0. The molecule has 0 N–H and O–H groups in total. The lowest BCUT2D eigenvalue weighted by Crippen LogP contribution is -2.05. The molecule has 0 aliphatic rings. The summed E-state index contributed by atoms with van der Waals surface area (Å²) in [5, 5.41) is 1.28. The third-order valence-electron chi connectivity index (χ3n) is 2.70. The number of hydrogen-bond acceptors (Lipinski definition) is 4. The maximum absolute atomic E-state index is 11.5. The predicted molar refractivity (Wildman–Crippen MR) is 82.6 cm³/mol. The van der Waals surface area contributed by atoms with Crippen molar-refractivity contribution in [1.29, 1.82) is 0 Å². The van der Waals surface area contributed by atoms with E-state index in [4.69, 9.17) is 9.47 Å². The van der Waals surface area contributed by atoms with Gasteiger partial charge < -0.3 is 9.47 Å². The number of esters is 2. The smallest absolute Gasteiger partial charge is 0.343 e. The molecule has 0 heterocycles. The lowest BCUT2D eigenvalue weighted by molar-refractivity contribution is -0.129. The number of benzene rings is 2. The minimum Gasteiger partial charge on any atom is -0.422 e. The Kier molecular flexibility index (Phi) is 4.74. The van der Waals surface area contributed by atoms with Crippen molar-refractivity contribution in [3.05, 3.63) is 73.2 Å². The molecule has 22 heavy (non-hydrogen) atoms. The van der Waals surface area contributed by atoms with Crippen molar-refractivity contribution in [2.45, 2.75) is 0 Å². The monoisotopic (exact) mass is 292 g/mol. The van der Waals surface area contributed by atoms with Crippen LogP contribution in [-0.4, -0.2) is 11.9 Å². The van der Waals surface area contributed by atoms with E-state index in [1.165, 1.54) is 0 Å². The van der Waals surface area contributed by atoms with Crippen LogP contribution >= 0.6 is 0 Å². The van der Waals surface area contributed by atoms with Crippen LogP contribution in [0.5, 0.6) is 11.5 Å². The fourth-order valence-electron chi connectivity index (χ4n) is 1.87. The van der Waals surface area contributed by atoms with Gasteiger partial charge in [-0.1, -0.05) is 37.4 Å². The van der Waals surface area contributed by atoms with Gasteiger partial charge in [-0.3, -0.25) is 0 Å². The molecule has 0 aliphatic heterocycles. The van der Waals surface area contributed by atoms with E-state index >= 15 is 0 Å². The molecule has 0 radical (unpaired) electrons. The molecule has 0 spiro atoms. The standard InChI is InChI=1S/C18H12O4/c1-3-7-17(19)21-15-11-5-10-14-13(15)9-6-12-16(14)22-18(20)8-4-2/h5-12H,1-2H2. The van der Waals surface area contributed by atoms with Crippen LogP contribution in [0.3, 0.4) is 0 Å². The van der Waals surface area contributed by atoms with Crippen LogP contribution in [-0.2, 0) is 9.59 Å². The second-order valence-corrected chi connectivity index (χ2v) is 4.15. The summed E-state index contributed by atoms with van der Waals surface area (Å²) >= 11 is 0. The number of hydrogen-bond donors (Lipinski definition) is 0. The Balaban J connectivity index is 2.46. The lowest BCUT2D eigenvalue weighted by atomic mass is 10.1. The number of rotatable bonds is 4. The highest BCUT2D eigenvalue weighted by Crippen LogP contribution is 2.32. The van der Waals surface area contributed by atoms with E-state index in [1.807, 2.05) is 0 Å². The second-order valence-electron chi connectivity index (χ2n) is 4.15. The minimum absolute atomic E-state index is 0.353. The molecule has 0 bridgehead atoms. The Hall–Kier alpha value is -3.32. The fourth-order valence-corrected chi connectivity index (χ4v) is 1.87. The zero-order valence-corrected chi connectivity index (χ0v) is 11.7. The molecular formula is C18H12O4. The summed E-state index contributed by atoms with van der Waals surface area (Å²) in [7, 11) is 0. The van der Waals surface area contributed by atoms with E-state index in [9.17, 15) is 9.59 Å². The van der Waals surface area contributed by atoms with Gasteiger partial charge in [-0.05, 0) is 12.1 Å². The van der Waals surface area contributed by atoms with Crippen LogP contribution in [0.25, 0.3) is 10.8 Å². The van der Waals surface area contributed by atoms with E-state index in [1.54, 1.807) is 36.4 Å². The number of carbonyl (C=O) groups is 2. The van der Waals surface area contributed by atoms with Crippen molar-refractivity contribution in [2.24, 2.45) is 0 Å². The zero-order chi connectivity index (χ0) is 15.9. The molecular weight excluding hydrogens is 280 g/mol. The summed E-state index contributed by atoms with van der Waals surface area (Å²) < 4.78 is 10.4. The molecule has 0 saturated heterocycles. The van der Waals surface area contributed by atoms with Gasteiger partial charge in [0.1, 0.15) is 11.5 Å². The van der Waals surface area contributed by atoms with E-state index in [-0.39, 0.29) is 0 Å². The highest BCUT2D eigenvalue weighted by molar-refractivity contribution is 5.97. The highest BCUT2D eigenvalue weighted by Gasteiger charge is 2.10. The highest BCUT2D eigenvalue weighted by atomic mass is 16.5. The molecule has 108 valence electrons. The molecule has 0 saturated carbocycles. The molecule has 0 unspecified atom stereocenters. The van der Waals surface area contributed by atoms with Crippen LogP contribution in [0.4, 0.5) is 0 Å². The Labute approximate surface area is 127 Å². The van der Waals surface area contributed by atoms with E-state index < -0.39 is 11.9 Å². The van der Waals surface area contributed by atoms with E-state index in [2.05, 4.69) is 24.6 Å². The summed E-state index contributed by atoms with van der Waals surface area (Å²) in [6.07, 6.45) is 2.19. The van der Waals surface area contributed by atoms with Gasteiger partial charge in [0.2, 0.25) is 0 Å². The average Bonchev–Trinajstić information content (AvgIpc) is 2.48. The summed E-state index contributed by atoms with van der Waals surface area (Å²) in [6, 6.07) is 10.2. The molecule has 0 amide bonds. The first-order valence-electron chi connectivity index (χ1n) is 6.32. The van der Waals surface area contributed by atoms with Gasteiger partial charge in [0, 0.05) is 10.8 Å². The molecule has 2 aromatic rings. The third kappa shape index (κ3) is 3.41. The van der Waals surface area contributed by atoms with E-state index in [0.29, 0.717) is 22.3 Å². The Morgan fingerprint density at radius 1 is 0.818 bits per heavy atom. The zero-order valence-electron chi connectivity index (χ0n) is 11.7. The Morgan fingerprint density at radius 2 is 1.23 bits per heavy atom. The molecule has 2 aromatic carbocycles.